The molecule has 182 valence electrons. The summed E-state index contributed by atoms with van der Waals surface area (Å²) in [6.45, 7) is 3.03. The van der Waals surface area contributed by atoms with Gasteiger partial charge in [0, 0.05) is 30.2 Å². The summed E-state index contributed by atoms with van der Waals surface area (Å²) in [4.78, 5) is 28.5. The fourth-order valence-corrected chi connectivity index (χ4v) is 5.35. The lowest BCUT2D eigenvalue weighted by Gasteiger charge is -2.35. The highest BCUT2D eigenvalue weighted by molar-refractivity contribution is 7.00. The van der Waals surface area contributed by atoms with Crippen LogP contribution in [0.5, 0.6) is 5.75 Å². The summed E-state index contributed by atoms with van der Waals surface area (Å²) < 4.78 is 25.5. The molecule has 3 aromatic rings. The molecule has 9 heteroatoms. The number of hydrogen-bond acceptors (Lipinski definition) is 8. The van der Waals surface area contributed by atoms with Gasteiger partial charge in [-0.3, -0.25) is 4.79 Å². The monoisotopic (exact) mass is 493 g/mol. The Balaban J connectivity index is 1.48. The average molecular weight is 494 g/mol. The molecule has 2 aliphatic rings. The highest BCUT2D eigenvalue weighted by Gasteiger charge is 2.38. The summed E-state index contributed by atoms with van der Waals surface area (Å²) in [5.74, 6) is -0.247. The molecule has 2 aromatic carbocycles. The lowest BCUT2D eigenvalue weighted by Crippen LogP contribution is -2.42. The third-order valence-electron chi connectivity index (χ3n) is 6.68. The van der Waals surface area contributed by atoms with Crippen molar-refractivity contribution >= 4 is 34.6 Å². The van der Waals surface area contributed by atoms with Gasteiger partial charge in [-0.1, -0.05) is 24.3 Å². The van der Waals surface area contributed by atoms with Crippen LogP contribution in [0.2, 0.25) is 0 Å². The first-order valence-electron chi connectivity index (χ1n) is 11.7. The lowest BCUT2D eigenvalue weighted by molar-refractivity contribution is -0.141. The number of carbonyl (C=O) groups excluding carboxylic acids is 2. The van der Waals surface area contributed by atoms with E-state index in [4.69, 9.17) is 14.2 Å². The van der Waals surface area contributed by atoms with Gasteiger partial charge < -0.3 is 19.1 Å². The quantitative estimate of drug-likeness (QED) is 0.455. The molecule has 1 saturated heterocycles. The highest BCUT2D eigenvalue weighted by Crippen LogP contribution is 2.38. The van der Waals surface area contributed by atoms with Crippen molar-refractivity contribution in [1.82, 2.24) is 13.6 Å². The molecule has 1 amide bonds. The zero-order valence-corrected chi connectivity index (χ0v) is 20.5. The molecule has 0 aliphatic carbocycles. The third-order valence-corrected chi connectivity index (χ3v) is 7.24. The van der Waals surface area contributed by atoms with Crippen molar-refractivity contribution in [1.29, 1.82) is 0 Å². The average Bonchev–Trinajstić information content (AvgIpc) is 3.56. The van der Waals surface area contributed by atoms with Crippen molar-refractivity contribution in [3.05, 3.63) is 64.9 Å². The Labute approximate surface area is 207 Å². The molecule has 2 atom stereocenters. The molecule has 8 nitrogen and oxygen atoms in total. The fraction of sp³-hybridized carbons (Fsp3) is 0.385. The molecule has 2 aliphatic heterocycles. The zero-order valence-electron chi connectivity index (χ0n) is 19.7. The molecule has 35 heavy (non-hydrogen) atoms. The molecule has 1 fully saturated rings. The van der Waals surface area contributed by atoms with E-state index in [-0.39, 0.29) is 25.0 Å². The number of hydrogen-bond donors (Lipinski definition) is 0. The maximum Gasteiger partial charge on any atom is 0.336 e. The number of benzene rings is 2. The Hall–Kier alpha value is -3.30. The molecule has 0 bridgehead atoms. The number of allylic oxidation sites excluding steroid dienone is 1. The standard InChI is InChI=1S/C26H27N3O5S/c1-16-25(26(31)34-15-18-6-3-4-8-23(18)32-2)20(17-9-10-21-22(12-17)28-35-27-21)13-24(30)29(16)14-19-7-5-11-33-19/h3-4,6,8-10,12,19-20H,5,7,11,13-15H2,1-2H3/t19-,20?/m1/s1. The number of carbonyl (C=O) groups is 2. The normalized spacial score (nSPS) is 20.5. The van der Waals surface area contributed by atoms with Gasteiger partial charge in [-0.05, 0) is 43.5 Å². The molecular formula is C26H27N3O5S. The van der Waals surface area contributed by atoms with E-state index in [1.807, 2.05) is 49.4 Å². The molecule has 3 heterocycles. The summed E-state index contributed by atoms with van der Waals surface area (Å²) in [7, 11) is 1.59. The van der Waals surface area contributed by atoms with Gasteiger partial charge in [0.2, 0.25) is 5.91 Å². The lowest BCUT2D eigenvalue weighted by atomic mass is 9.83. The van der Waals surface area contributed by atoms with E-state index < -0.39 is 11.9 Å². The molecule has 0 N–H and O–H groups in total. The second-order valence-electron chi connectivity index (χ2n) is 8.80. The summed E-state index contributed by atoms with van der Waals surface area (Å²) in [5.41, 5.74) is 4.27. The smallest absolute Gasteiger partial charge is 0.336 e. The predicted molar refractivity (Wildman–Crippen MR) is 131 cm³/mol. The third kappa shape index (κ3) is 4.78. The molecule has 5 rings (SSSR count). The van der Waals surface area contributed by atoms with Crippen molar-refractivity contribution in [3.8, 4) is 5.75 Å². The van der Waals surface area contributed by atoms with Gasteiger partial charge in [-0.25, -0.2) is 4.79 Å². The first-order valence-corrected chi connectivity index (χ1v) is 12.4. The molecule has 1 unspecified atom stereocenters. The number of para-hydroxylation sites is 1. The molecule has 0 radical (unpaired) electrons. The summed E-state index contributed by atoms with van der Waals surface area (Å²) in [5, 5.41) is 0. The maximum atomic E-state index is 13.6. The number of fused-ring (bicyclic) bond motifs is 1. The first kappa shape index (κ1) is 23.4. The Bertz CT molecular complexity index is 1280. The number of ether oxygens (including phenoxy) is 3. The predicted octanol–water partition coefficient (Wildman–Crippen LogP) is 4.21. The van der Waals surface area contributed by atoms with Crippen LogP contribution in [0, 0.1) is 0 Å². The van der Waals surface area contributed by atoms with Gasteiger partial charge in [0.15, 0.2) is 0 Å². The van der Waals surface area contributed by atoms with E-state index >= 15 is 0 Å². The van der Waals surface area contributed by atoms with Crippen LogP contribution in [-0.4, -0.2) is 51.9 Å². The van der Waals surface area contributed by atoms with E-state index in [0.29, 0.717) is 30.2 Å². The van der Waals surface area contributed by atoms with E-state index in [2.05, 4.69) is 8.75 Å². The van der Waals surface area contributed by atoms with Crippen LogP contribution < -0.4 is 4.74 Å². The topological polar surface area (TPSA) is 90.8 Å². The van der Waals surface area contributed by atoms with E-state index in [1.165, 1.54) is 0 Å². The minimum absolute atomic E-state index is 0.0197. The van der Waals surface area contributed by atoms with E-state index in [0.717, 1.165) is 46.7 Å². The summed E-state index contributed by atoms with van der Waals surface area (Å²) >= 11 is 1.14. The van der Waals surface area contributed by atoms with Crippen LogP contribution >= 0.6 is 11.7 Å². The van der Waals surface area contributed by atoms with Gasteiger partial charge in [-0.15, -0.1) is 0 Å². The zero-order chi connectivity index (χ0) is 24.4. The van der Waals surface area contributed by atoms with Crippen LogP contribution in [-0.2, 0) is 25.7 Å². The largest absolute Gasteiger partial charge is 0.496 e. The van der Waals surface area contributed by atoms with Crippen molar-refractivity contribution < 1.29 is 23.8 Å². The van der Waals surface area contributed by atoms with Gasteiger partial charge in [0.1, 0.15) is 23.4 Å². The Morgan fingerprint density at radius 3 is 2.83 bits per heavy atom. The SMILES string of the molecule is COc1ccccc1COC(=O)C1=C(C)N(C[C@H]2CCCO2)C(=O)CC1c1ccc2nsnc2c1. The van der Waals surface area contributed by atoms with Crippen LogP contribution in [0.1, 0.15) is 43.2 Å². The van der Waals surface area contributed by atoms with Crippen LogP contribution in [0.25, 0.3) is 11.0 Å². The highest BCUT2D eigenvalue weighted by atomic mass is 32.1. The fourth-order valence-electron chi connectivity index (χ4n) is 4.84. The Morgan fingerprint density at radius 2 is 2.03 bits per heavy atom. The number of methoxy groups -OCH3 is 1. The van der Waals surface area contributed by atoms with E-state index in [9.17, 15) is 9.59 Å². The Kier molecular flexibility index (Phi) is 6.79. The van der Waals surface area contributed by atoms with Gasteiger partial charge in [-0.2, -0.15) is 8.75 Å². The minimum atomic E-state index is -0.445. The molecule has 0 spiro atoms. The van der Waals surface area contributed by atoms with Crippen molar-refractivity contribution in [2.24, 2.45) is 0 Å². The van der Waals surface area contributed by atoms with Gasteiger partial charge in [0.25, 0.3) is 0 Å². The number of rotatable bonds is 7. The Morgan fingerprint density at radius 1 is 1.20 bits per heavy atom. The van der Waals surface area contributed by atoms with Gasteiger partial charge in [0.05, 0.1) is 37.1 Å². The van der Waals surface area contributed by atoms with Crippen LogP contribution in [0.4, 0.5) is 0 Å². The number of esters is 1. The van der Waals surface area contributed by atoms with Crippen LogP contribution in [0.3, 0.4) is 0 Å². The number of nitrogens with zero attached hydrogens (tertiary/aromatic N) is 3. The second-order valence-corrected chi connectivity index (χ2v) is 9.32. The number of amides is 1. The molecule has 1 aromatic heterocycles. The number of aromatic nitrogens is 2. The second kappa shape index (κ2) is 10.1. The molecular weight excluding hydrogens is 466 g/mol. The van der Waals surface area contributed by atoms with Crippen molar-refractivity contribution in [2.45, 2.75) is 44.8 Å². The van der Waals surface area contributed by atoms with E-state index in [1.54, 1.807) is 12.0 Å². The first-order chi connectivity index (χ1) is 17.0. The van der Waals surface area contributed by atoms with Crippen molar-refractivity contribution in [3.63, 3.8) is 0 Å². The van der Waals surface area contributed by atoms with Crippen LogP contribution in [0.15, 0.2) is 53.7 Å². The minimum Gasteiger partial charge on any atom is -0.496 e. The van der Waals surface area contributed by atoms with Crippen molar-refractivity contribution in [2.75, 3.05) is 20.3 Å². The molecule has 0 saturated carbocycles. The summed E-state index contributed by atoms with van der Waals surface area (Å²) in [6.07, 6.45) is 2.04. The summed E-state index contributed by atoms with van der Waals surface area (Å²) in [6, 6.07) is 13.1. The van der Waals surface area contributed by atoms with Gasteiger partial charge >= 0.3 is 5.97 Å². The maximum absolute atomic E-state index is 13.6.